The van der Waals surface area contributed by atoms with Crippen molar-refractivity contribution in [3.63, 3.8) is 0 Å². The lowest BCUT2D eigenvalue weighted by molar-refractivity contribution is -0.117. The molecule has 126 valence electrons. The molecule has 2 fully saturated rings. The summed E-state index contributed by atoms with van der Waals surface area (Å²) in [4.78, 5) is 16.7. The van der Waals surface area contributed by atoms with Crippen LogP contribution in [0.4, 0.5) is 11.4 Å². The lowest BCUT2D eigenvalue weighted by atomic mass is 10.1. The Balaban J connectivity index is 1.59. The summed E-state index contributed by atoms with van der Waals surface area (Å²) in [6.07, 6.45) is 4.56. The highest BCUT2D eigenvalue weighted by Crippen LogP contribution is 2.25. The van der Waals surface area contributed by atoms with Crippen LogP contribution in [0.3, 0.4) is 0 Å². The molecule has 2 heterocycles. The highest BCUT2D eigenvalue weighted by molar-refractivity contribution is 5.93. The van der Waals surface area contributed by atoms with Gasteiger partial charge >= 0.3 is 0 Å². The van der Waals surface area contributed by atoms with Crippen molar-refractivity contribution in [1.29, 1.82) is 0 Å². The van der Waals surface area contributed by atoms with E-state index < -0.39 is 0 Å². The van der Waals surface area contributed by atoms with E-state index in [1.165, 1.54) is 18.5 Å². The van der Waals surface area contributed by atoms with E-state index >= 15 is 0 Å². The molecule has 0 spiro atoms. The van der Waals surface area contributed by atoms with E-state index in [0.717, 1.165) is 43.7 Å². The van der Waals surface area contributed by atoms with Crippen LogP contribution < -0.4 is 10.2 Å². The highest BCUT2D eigenvalue weighted by Gasteiger charge is 2.25. The van der Waals surface area contributed by atoms with Crippen LogP contribution >= 0.6 is 0 Å². The lowest BCUT2D eigenvalue weighted by Gasteiger charge is -2.22. The Labute approximate surface area is 138 Å². The van der Waals surface area contributed by atoms with Gasteiger partial charge in [-0.3, -0.25) is 9.69 Å². The van der Waals surface area contributed by atoms with Crippen molar-refractivity contribution in [3.8, 4) is 0 Å². The first kappa shape index (κ1) is 16.3. The highest BCUT2D eigenvalue weighted by atomic mass is 16.3. The largest absolute Gasteiger partial charge is 0.395 e. The first-order chi connectivity index (χ1) is 11.2. The van der Waals surface area contributed by atoms with Crippen LogP contribution in [-0.4, -0.2) is 54.7 Å². The predicted molar refractivity (Wildman–Crippen MR) is 92.9 cm³/mol. The molecule has 2 aliphatic heterocycles. The monoisotopic (exact) mass is 317 g/mol. The molecular weight excluding hydrogens is 290 g/mol. The van der Waals surface area contributed by atoms with Gasteiger partial charge in [0.2, 0.25) is 5.91 Å². The number of rotatable bonds is 5. The SMILES string of the molecule is Cc1cc(N2CCCC2)ccc1NC(=O)CN1CCC[C@@H]1CO. The minimum atomic E-state index is 0.00220. The van der Waals surface area contributed by atoms with Crippen molar-refractivity contribution >= 4 is 17.3 Å². The average molecular weight is 317 g/mol. The number of nitrogens with one attached hydrogen (secondary N) is 1. The smallest absolute Gasteiger partial charge is 0.238 e. The summed E-state index contributed by atoms with van der Waals surface area (Å²) in [5.41, 5.74) is 3.23. The van der Waals surface area contributed by atoms with Gasteiger partial charge < -0.3 is 15.3 Å². The Morgan fingerprint density at radius 1 is 1.26 bits per heavy atom. The molecule has 0 aromatic heterocycles. The molecule has 0 bridgehead atoms. The van der Waals surface area contributed by atoms with E-state index in [9.17, 15) is 9.90 Å². The number of anilines is 2. The van der Waals surface area contributed by atoms with E-state index in [4.69, 9.17) is 0 Å². The van der Waals surface area contributed by atoms with Crippen molar-refractivity contribution < 1.29 is 9.90 Å². The van der Waals surface area contributed by atoms with Crippen LogP contribution in [0.5, 0.6) is 0 Å². The number of carbonyl (C=O) groups excluding carboxylic acids is 1. The molecule has 1 amide bonds. The molecule has 2 N–H and O–H groups in total. The summed E-state index contributed by atoms with van der Waals surface area (Å²) in [5, 5.41) is 12.4. The Kier molecular flexibility index (Phi) is 5.18. The summed E-state index contributed by atoms with van der Waals surface area (Å²) in [6, 6.07) is 6.40. The van der Waals surface area contributed by atoms with Gasteiger partial charge in [0.25, 0.3) is 0 Å². The van der Waals surface area contributed by atoms with Crippen molar-refractivity contribution in [3.05, 3.63) is 23.8 Å². The molecule has 1 aromatic rings. The van der Waals surface area contributed by atoms with Gasteiger partial charge in [-0.05, 0) is 62.9 Å². The maximum atomic E-state index is 12.3. The molecule has 0 radical (unpaired) electrons. The predicted octanol–water partition coefficient (Wildman–Crippen LogP) is 1.99. The number of carbonyl (C=O) groups is 1. The van der Waals surface area contributed by atoms with Crippen LogP contribution in [-0.2, 0) is 4.79 Å². The van der Waals surface area contributed by atoms with Crippen molar-refractivity contribution in [2.75, 3.05) is 43.0 Å². The zero-order valence-corrected chi connectivity index (χ0v) is 13.9. The van der Waals surface area contributed by atoms with Crippen LogP contribution in [0.15, 0.2) is 18.2 Å². The van der Waals surface area contributed by atoms with E-state index in [1.807, 2.05) is 13.0 Å². The summed E-state index contributed by atoms with van der Waals surface area (Å²) in [6.45, 7) is 5.69. The number of hydrogen-bond donors (Lipinski definition) is 2. The van der Waals surface area contributed by atoms with Gasteiger partial charge in [-0.15, -0.1) is 0 Å². The Hall–Kier alpha value is -1.59. The minimum absolute atomic E-state index is 0.00220. The van der Waals surface area contributed by atoms with E-state index in [1.54, 1.807) is 0 Å². The fourth-order valence-corrected chi connectivity index (χ4v) is 3.64. The summed E-state index contributed by atoms with van der Waals surface area (Å²) < 4.78 is 0. The van der Waals surface area contributed by atoms with Gasteiger partial charge in [0.1, 0.15) is 0 Å². The quantitative estimate of drug-likeness (QED) is 0.872. The maximum absolute atomic E-state index is 12.3. The number of benzene rings is 1. The van der Waals surface area contributed by atoms with Gasteiger partial charge in [0.15, 0.2) is 0 Å². The molecule has 0 unspecified atom stereocenters. The second-order valence-corrected chi connectivity index (χ2v) is 6.69. The zero-order chi connectivity index (χ0) is 16.2. The molecule has 1 aromatic carbocycles. The summed E-state index contributed by atoms with van der Waals surface area (Å²) >= 11 is 0. The number of aliphatic hydroxyl groups is 1. The summed E-state index contributed by atoms with van der Waals surface area (Å²) in [5.74, 6) is 0.00220. The topological polar surface area (TPSA) is 55.8 Å². The fraction of sp³-hybridized carbons (Fsp3) is 0.611. The molecule has 0 saturated carbocycles. The van der Waals surface area contributed by atoms with Gasteiger partial charge in [0.05, 0.1) is 13.2 Å². The third-order valence-corrected chi connectivity index (χ3v) is 5.01. The van der Waals surface area contributed by atoms with Crippen LogP contribution in [0, 0.1) is 6.92 Å². The van der Waals surface area contributed by atoms with Crippen molar-refractivity contribution in [2.24, 2.45) is 0 Å². The second kappa shape index (κ2) is 7.32. The fourth-order valence-electron chi connectivity index (χ4n) is 3.64. The second-order valence-electron chi connectivity index (χ2n) is 6.69. The third kappa shape index (κ3) is 3.85. The van der Waals surface area contributed by atoms with Gasteiger partial charge in [0, 0.05) is 30.5 Å². The molecule has 2 saturated heterocycles. The molecule has 0 aliphatic carbocycles. The number of aryl methyl sites for hydroxylation is 1. The number of hydrogen-bond acceptors (Lipinski definition) is 4. The first-order valence-corrected chi connectivity index (χ1v) is 8.68. The standard InChI is InChI=1S/C18H27N3O2/c1-14-11-15(20-8-2-3-9-20)6-7-17(14)19-18(23)12-21-10-4-5-16(21)13-22/h6-7,11,16,22H,2-5,8-10,12-13H2,1H3,(H,19,23)/t16-/m1/s1. The molecule has 23 heavy (non-hydrogen) atoms. The van der Waals surface area contributed by atoms with E-state index in [2.05, 4.69) is 27.2 Å². The van der Waals surface area contributed by atoms with Gasteiger partial charge in [-0.25, -0.2) is 0 Å². The third-order valence-electron chi connectivity index (χ3n) is 5.01. The summed E-state index contributed by atoms with van der Waals surface area (Å²) in [7, 11) is 0. The lowest BCUT2D eigenvalue weighted by Crippen LogP contribution is -2.38. The Morgan fingerprint density at radius 3 is 2.74 bits per heavy atom. The average Bonchev–Trinajstić information content (AvgIpc) is 3.20. The zero-order valence-electron chi connectivity index (χ0n) is 13.9. The number of nitrogens with zero attached hydrogens (tertiary/aromatic N) is 2. The Morgan fingerprint density at radius 2 is 2.04 bits per heavy atom. The van der Waals surface area contributed by atoms with E-state index in [0.29, 0.717) is 6.54 Å². The van der Waals surface area contributed by atoms with E-state index in [-0.39, 0.29) is 18.6 Å². The number of aliphatic hydroxyl groups excluding tert-OH is 1. The van der Waals surface area contributed by atoms with Crippen molar-refractivity contribution in [1.82, 2.24) is 4.90 Å². The van der Waals surface area contributed by atoms with Crippen LogP contribution in [0.25, 0.3) is 0 Å². The number of likely N-dealkylation sites (tertiary alicyclic amines) is 1. The van der Waals surface area contributed by atoms with Gasteiger partial charge in [-0.1, -0.05) is 0 Å². The minimum Gasteiger partial charge on any atom is -0.395 e. The molecule has 2 aliphatic rings. The van der Waals surface area contributed by atoms with Gasteiger partial charge in [-0.2, -0.15) is 0 Å². The molecule has 5 nitrogen and oxygen atoms in total. The molecular formula is C18H27N3O2. The molecule has 5 heteroatoms. The maximum Gasteiger partial charge on any atom is 0.238 e. The van der Waals surface area contributed by atoms with Crippen LogP contribution in [0.1, 0.15) is 31.2 Å². The molecule has 3 rings (SSSR count). The normalized spacial score (nSPS) is 21.8. The number of amides is 1. The Bertz CT molecular complexity index is 555. The van der Waals surface area contributed by atoms with Crippen LogP contribution in [0.2, 0.25) is 0 Å². The van der Waals surface area contributed by atoms with Crippen molar-refractivity contribution in [2.45, 2.75) is 38.6 Å². The molecule has 1 atom stereocenters. The first-order valence-electron chi connectivity index (χ1n) is 8.68.